The molecule has 6 heteroatoms. The molecule has 6 nitrogen and oxygen atoms in total. The number of carbonyl (C=O) groups is 1. The molecular formula is C19H24N4O2. The van der Waals surface area contributed by atoms with Crippen molar-refractivity contribution >= 4 is 11.7 Å². The highest BCUT2D eigenvalue weighted by Crippen LogP contribution is 2.26. The van der Waals surface area contributed by atoms with Crippen LogP contribution < -0.4 is 4.90 Å². The van der Waals surface area contributed by atoms with Crippen LogP contribution >= 0.6 is 0 Å². The molecule has 3 rings (SSSR count). The van der Waals surface area contributed by atoms with Crippen molar-refractivity contribution in [2.24, 2.45) is 0 Å². The van der Waals surface area contributed by atoms with E-state index in [-0.39, 0.29) is 12.0 Å². The Hall–Kier alpha value is -2.47. The van der Waals surface area contributed by atoms with Gasteiger partial charge in [-0.3, -0.25) is 9.78 Å². The lowest BCUT2D eigenvalue weighted by molar-refractivity contribution is 0.0269. The van der Waals surface area contributed by atoms with Gasteiger partial charge in [-0.25, -0.2) is 4.98 Å². The summed E-state index contributed by atoms with van der Waals surface area (Å²) >= 11 is 0. The molecule has 1 atom stereocenters. The Labute approximate surface area is 148 Å². The maximum Gasteiger partial charge on any atom is 0.253 e. The summed E-state index contributed by atoms with van der Waals surface area (Å²) in [6.07, 6.45) is 5.49. The number of rotatable bonds is 4. The van der Waals surface area contributed by atoms with Crippen LogP contribution in [0.5, 0.6) is 0 Å². The Kier molecular flexibility index (Phi) is 5.28. The van der Waals surface area contributed by atoms with Crippen LogP contribution in [0.4, 0.5) is 5.82 Å². The number of hydrogen-bond acceptors (Lipinski definition) is 5. The third-order valence-corrected chi connectivity index (χ3v) is 4.51. The quantitative estimate of drug-likeness (QED) is 0.856. The third-order valence-electron chi connectivity index (χ3n) is 4.51. The normalized spacial score (nSPS) is 17.4. The van der Waals surface area contributed by atoms with Crippen LogP contribution in [0, 0.1) is 0 Å². The summed E-state index contributed by atoms with van der Waals surface area (Å²) in [5, 5.41) is 0. The molecule has 0 saturated carbocycles. The minimum atomic E-state index is 0.0558. The number of piperidine rings is 1. The summed E-state index contributed by atoms with van der Waals surface area (Å²) in [7, 11) is 5.58. The molecule has 2 aromatic rings. The van der Waals surface area contributed by atoms with Crippen molar-refractivity contribution in [3.8, 4) is 11.3 Å². The Bertz CT molecular complexity index is 730. The van der Waals surface area contributed by atoms with Crippen molar-refractivity contribution in [3.63, 3.8) is 0 Å². The maximum atomic E-state index is 12.7. The number of nitrogens with zero attached hydrogens (tertiary/aromatic N) is 4. The molecule has 25 heavy (non-hydrogen) atoms. The molecule has 0 aliphatic carbocycles. The van der Waals surface area contributed by atoms with Crippen molar-refractivity contribution in [3.05, 3.63) is 42.2 Å². The fourth-order valence-electron chi connectivity index (χ4n) is 3.13. The molecule has 1 aromatic carbocycles. The monoisotopic (exact) mass is 340 g/mol. The Balaban J connectivity index is 1.80. The molecular weight excluding hydrogens is 316 g/mol. The fourth-order valence-corrected chi connectivity index (χ4v) is 3.13. The van der Waals surface area contributed by atoms with E-state index in [2.05, 4.69) is 9.97 Å². The summed E-state index contributed by atoms with van der Waals surface area (Å²) in [4.78, 5) is 25.3. The highest BCUT2D eigenvalue weighted by Gasteiger charge is 2.24. The lowest BCUT2D eigenvalue weighted by Gasteiger charge is -2.32. The average Bonchev–Trinajstić information content (AvgIpc) is 2.67. The molecule has 2 heterocycles. The van der Waals surface area contributed by atoms with Gasteiger partial charge in [0.2, 0.25) is 0 Å². The van der Waals surface area contributed by atoms with Crippen LogP contribution in [0.25, 0.3) is 11.3 Å². The zero-order valence-corrected chi connectivity index (χ0v) is 15.0. The van der Waals surface area contributed by atoms with Gasteiger partial charge in [0, 0.05) is 57.8 Å². The first-order valence-electron chi connectivity index (χ1n) is 8.51. The Morgan fingerprint density at radius 3 is 2.60 bits per heavy atom. The zero-order valence-electron chi connectivity index (χ0n) is 15.0. The molecule has 0 bridgehead atoms. The van der Waals surface area contributed by atoms with Crippen molar-refractivity contribution in [2.45, 2.75) is 18.9 Å². The molecule has 132 valence electrons. The lowest BCUT2D eigenvalue weighted by Crippen LogP contribution is -2.42. The summed E-state index contributed by atoms with van der Waals surface area (Å²) in [5.41, 5.74) is 2.45. The van der Waals surface area contributed by atoms with Crippen molar-refractivity contribution in [1.29, 1.82) is 0 Å². The number of carbonyl (C=O) groups excluding carboxylic acids is 1. The number of ether oxygens (including phenoxy) is 1. The van der Waals surface area contributed by atoms with Gasteiger partial charge in [-0.1, -0.05) is 12.1 Å². The van der Waals surface area contributed by atoms with Gasteiger partial charge in [-0.2, -0.15) is 0 Å². The van der Waals surface area contributed by atoms with Crippen LogP contribution in [-0.4, -0.2) is 61.2 Å². The second kappa shape index (κ2) is 7.61. The van der Waals surface area contributed by atoms with Crippen LogP contribution in [0.2, 0.25) is 0 Å². The first-order valence-corrected chi connectivity index (χ1v) is 8.51. The van der Waals surface area contributed by atoms with Crippen LogP contribution in [-0.2, 0) is 4.74 Å². The second-order valence-corrected chi connectivity index (χ2v) is 6.45. The van der Waals surface area contributed by atoms with Crippen LogP contribution in [0.1, 0.15) is 23.2 Å². The standard InChI is InChI=1S/C19H24N4O2/c1-22(2)18-17(20-10-11-21-18)14-6-8-15(9-7-14)19(24)23-12-4-5-16(13-23)25-3/h6-11,16H,4-5,12-13H2,1-3H3/t16-/m1/s1. The smallest absolute Gasteiger partial charge is 0.253 e. The number of aromatic nitrogens is 2. The van der Waals surface area contributed by atoms with Crippen molar-refractivity contribution in [2.75, 3.05) is 39.2 Å². The maximum absolute atomic E-state index is 12.7. The molecule has 0 radical (unpaired) electrons. The summed E-state index contributed by atoms with van der Waals surface area (Å²) < 4.78 is 5.41. The number of amides is 1. The van der Waals surface area contributed by atoms with E-state index in [1.807, 2.05) is 48.2 Å². The number of anilines is 1. The molecule has 1 saturated heterocycles. The first-order chi connectivity index (χ1) is 12.1. The number of hydrogen-bond donors (Lipinski definition) is 0. The molecule has 0 unspecified atom stereocenters. The molecule has 1 amide bonds. The van der Waals surface area contributed by atoms with Gasteiger partial charge in [0.15, 0.2) is 5.82 Å². The van der Waals surface area contributed by atoms with Crippen LogP contribution in [0.3, 0.4) is 0 Å². The minimum Gasteiger partial charge on any atom is -0.380 e. The summed E-state index contributed by atoms with van der Waals surface area (Å²) in [6, 6.07) is 7.59. The fraction of sp³-hybridized carbons (Fsp3) is 0.421. The lowest BCUT2D eigenvalue weighted by atomic mass is 10.0. The van der Waals surface area contributed by atoms with Gasteiger partial charge >= 0.3 is 0 Å². The highest BCUT2D eigenvalue weighted by atomic mass is 16.5. The van der Waals surface area contributed by atoms with E-state index < -0.39 is 0 Å². The van der Waals surface area contributed by atoms with E-state index >= 15 is 0 Å². The van der Waals surface area contributed by atoms with E-state index in [9.17, 15) is 4.79 Å². The number of benzene rings is 1. The highest BCUT2D eigenvalue weighted by molar-refractivity contribution is 5.95. The van der Waals surface area contributed by atoms with Gasteiger partial charge in [0.25, 0.3) is 5.91 Å². The predicted molar refractivity (Wildman–Crippen MR) is 97.7 cm³/mol. The van der Waals surface area contributed by atoms with E-state index in [0.717, 1.165) is 36.5 Å². The van der Waals surface area contributed by atoms with Crippen molar-refractivity contribution in [1.82, 2.24) is 14.9 Å². The van der Waals surface area contributed by atoms with Crippen LogP contribution in [0.15, 0.2) is 36.7 Å². The molecule has 0 N–H and O–H groups in total. The van der Waals surface area contributed by atoms with E-state index in [0.29, 0.717) is 12.1 Å². The number of likely N-dealkylation sites (tertiary alicyclic amines) is 1. The van der Waals surface area contributed by atoms with E-state index in [4.69, 9.17) is 4.74 Å². The van der Waals surface area contributed by atoms with Crippen molar-refractivity contribution < 1.29 is 9.53 Å². The van der Waals surface area contributed by atoms with Gasteiger partial charge in [0.1, 0.15) is 5.69 Å². The number of methoxy groups -OCH3 is 1. The van der Waals surface area contributed by atoms with E-state index in [1.54, 1.807) is 19.5 Å². The Morgan fingerprint density at radius 1 is 1.20 bits per heavy atom. The average molecular weight is 340 g/mol. The van der Waals surface area contributed by atoms with Gasteiger partial charge < -0.3 is 14.5 Å². The van der Waals surface area contributed by atoms with Gasteiger partial charge in [0.05, 0.1) is 6.10 Å². The first kappa shape index (κ1) is 17.4. The van der Waals surface area contributed by atoms with Gasteiger partial charge in [-0.05, 0) is 25.0 Å². The minimum absolute atomic E-state index is 0.0558. The molecule has 1 aliphatic heterocycles. The largest absolute Gasteiger partial charge is 0.380 e. The summed E-state index contributed by atoms with van der Waals surface area (Å²) in [6.45, 7) is 1.45. The second-order valence-electron chi connectivity index (χ2n) is 6.45. The molecule has 1 fully saturated rings. The zero-order chi connectivity index (χ0) is 17.8. The van der Waals surface area contributed by atoms with Gasteiger partial charge in [-0.15, -0.1) is 0 Å². The Morgan fingerprint density at radius 2 is 1.92 bits per heavy atom. The molecule has 1 aromatic heterocycles. The summed E-state index contributed by atoms with van der Waals surface area (Å²) in [5.74, 6) is 0.862. The predicted octanol–water partition coefficient (Wildman–Crippen LogP) is 2.46. The third kappa shape index (κ3) is 3.79. The topological polar surface area (TPSA) is 58.6 Å². The molecule has 0 spiro atoms. The van der Waals surface area contributed by atoms with E-state index in [1.165, 1.54) is 0 Å². The SMILES string of the molecule is CO[C@@H]1CCCN(C(=O)c2ccc(-c3nccnc3N(C)C)cc2)C1. The molecule has 1 aliphatic rings.